The Bertz CT molecular complexity index is 875. The number of aromatic nitrogens is 3. The van der Waals surface area contributed by atoms with Crippen LogP contribution in [-0.2, 0) is 13.1 Å². The zero-order valence-corrected chi connectivity index (χ0v) is 13.1. The minimum Gasteiger partial charge on any atom is -0.310 e. The molecule has 0 fully saturated rings. The van der Waals surface area contributed by atoms with Gasteiger partial charge < -0.3 is 4.57 Å². The van der Waals surface area contributed by atoms with Gasteiger partial charge in [0.15, 0.2) is 0 Å². The Morgan fingerprint density at radius 1 is 1.13 bits per heavy atom. The van der Waals surface area contributed by atoms with Crippen molar-refractivity contribution in [1.29, 1.82) is 0 Å². The summed E-state index contributed by atoms with van der Waals surface area (Å²) in [6.07, 6.45) is 5.40. The maximum absolute atomic E-state index is 12.0. The van der Waals surface area contributed by atoms with Crippen LogP contribution >= 0.6 is 0 Å². The van der Waals surface area contributed by atoms with Crippen LogP contribution in [0.1, 0.15) is 22.4 Å². The lowest BCUT2D eigenvalue weighted by molar-refractivity contribution is 0.660. The van der Waals surface area contributed by atoms with E-state index in [-0.39, 0.29) is 5.56 Å². The molecule has 2 aromatic heterocycles. The largest absolute Gasteiger partial charge is 0.310 e. The Morgan fingerprint density at radius 2 is 1.91 bits per heavy atom. The van der Waals surface area contributed by atoms with Gasteiger partial charge in [0.1, 0.15) is 0 Å². The number of benzene rings is 1. The number of pyridine rings is 1. The molecule has 0 atom stereocenters. The molecular weight excluding hydrogens is 286 g/mol. The number of rotatable bonds is 5. The average molecular weight is 305 g/mol. The number of nitrogens with zero attached hydrogens (tertiary/aromatic N) is 3. The van der Waals surface area contributed by atoms with Crippen LogP contribution in [0.4, 0.5) is 0 Å². The lowest BCUT2D eigenvalue weighted by Crippen LogP contribution is -2.19. The van der Waals surface area contributed by atoms with E-state index in [0.29, 0.717) is 6.54 Å². The fourth-order valence-corrected chi connectivity index (χ4v) is 2.53. The highest BCUT2D eigenvalue weighted by Gasteiger charge is 2.08. The highest BCUT2D eigenvalue weighted by molar-refractivity contribution is 5.44. The molecule has 0 saturated heterocycles. The fourth-order valence-electron chi connectivity index (χ4n) is 2.53. The zero-order valence-electron chi connectivity index (χ0n) is 13.1. The molecule has 0 spiro atoms. The Morgan fingerprint density at radius 3 is 2.65 bits per heavy atom. The summed E-state index contributed by atoms with van der Waals surface area (Å²) in [6.45, 7) is 7.03. The minimum atomic E-state index is -0.0224. The van der Waals surface area contributed by atoms with Crippen LogP contribution in [0.25, 0.3) is 6.08 Å². The van der Waals surface area contributed by atoms with Crippen molar-refractivity contribution >= 4 is 6.08 Å². The molecular formula is C19H19N3O. The Kier molecular flexibility index (Phi) is 4.24. The normalized spacial score (nSPS) is 10.7. The van der Waals surface area contributed by atoms with Gasteiger partial charge in [-0.1, -0.05) is 43.0 Å². The molecule has 0 radical (unpaired) electrons. The maximum Gasteiger partial charge on any atom is 0.250 e. The van der Waals surface area contributed by atoms with Gasteiger partial charge in [-0.3, -0.25) is 9.48 Å². The molecule has 1 aromatic carbocycles. The Labute approximate surface area is 135 Å². The summed E-state index contributed by atoms with van der Waals surface area (Å²) in [5.74, 6) is 0. The fraction of sp³-hybridized carbons (Fsp3) is 0.158. The van der Waals surface area contributed by atoms with Crippen LogP contribution in [0.5, 0.6) is 0 Å². The second-order valence-electron chi connectivity index (χ2n) is 5.53. The molecule has 0 aliphatic rings. The van der Waals surface area contributed by atoms with Gasteiger partial charge in [-0.15, -0.1) is 0 Å². The molecule has 0 unspecified atom stereocenters. The maximum atomic E-state index is 12.0. The van der Waals surface area contributed by atoms with Gasteiger partial charge in [0, 0.05) is 23.5 Å². The van der Waals surface area contributed by atoms with E-state index in [1.165, 1.54) is 5.56 Å². The summed E-state index contributed by atoms with van der Waals surface area (Å²) in [5.41, 5.74) is 4.23. The van der Waals surface area contributed by atoms with Crippen molar-refractivity contribution < 1.29 is 0 Å². The van der Waals surface area contributed by atoms with Crippen LogP contribution in [0, 0.1) is 6.92 Å². The SMILES string of the molecule is C=Cc1ccc(=O)n(Cc2cnn(Cc3ccccc3)c2C)c1. The molecule has 0 saturated carbocycles. The van der Waals surface area contributed by atoms with Gasteiger partial charge in [0.05, 0.1) is 19.3 Å². The molecule has 23 heavy (non-hydrogen) atoms. The predicted octanol–water partition coefficient (Wildman–Crippen LogP) is 3.09. The second-order valence-corrected chi connectivity index (χ2v) is 5.53. The average Bonchev–Trinajstić information content (AvgIpc) is 2.91. The first-order valence-corrected chi connectivity index (χ1v) is 7.55. The molecule has 0 bridgehead atoms. The van der Waals surface area contributed by atoms with Gasteiger partial charge in [-0.05, 0) is 24.1 Å². The summed E-state index contributed by atoms with van der Waals surface area (Å²) in [5, 5.41) is 4.46. The van der Waals surface area contributed by atoms with E-state index in [2.05, 4.69) is 23.8 Å². The topological polar surface area (TPSA) is 39.8 Å². The molecule has 4 heteroatoms. The molecule has 3 rings (SSSR count). The molecule has 116 valence electrons. The van der Waals surface area contributed by atoms with Crippen molar-refractivity contribution in [3.05, 3.63) is 94.2 Å². The Balaban J connectivity index is 1.85. The van der Waals surface area contributed by atoms with Crippen LogP contribution in [0.2, 0.25) is 0 Å². The highest BCUT2D eigenvalue weighted by atomic mass is 16.1. The third-order valence-electron chi connectivity index (χ3n) is 3.96. The monoisotopic (exact) mass is 305 g/mol. The van der Waals surface area contributed by atoms with Gasteiger partial charge >= 0.3 is 0 Å². The molecule has 0 N–H and O–H groups in total. The van der Waals surface area contributed by atoms with Gasteiger partial charge in [0.25, 0.3) is 5.56 Å². The summed E-state index contributed by atoms with van der Waals surface area (Å²) in [6, 6.07) is 13.6. The van der Waals surface area contributed by atoms with Gasteiger partial charge in [-0.25, -0.2) is 0 Å². The minimum absolute atomic E-state index is 0.0224. The summed E-state index contributed by atoms with van der Waals surface area (Å²) >= 11 is 0. The van der Waals surface area contributed by atoms with Crippen molar-refractivity contribution in [3.8, 4) is 0 Å². The second kappa shape index (κ2) is 6.48. The lowest BCUT2D eigenvalue weighted by atomic mass is 10.2. The summed E-state index contributed by atoms with van der Waals surface area (Å²) in [4.78, 5) is 12.0. The van der Waals surface area contributed by atoms with Crippen molar-refractivity contribution in [2.75, 3.05) is 0 Å². The summed E-state index contributed by atoms with van der Waals surface area (Å²) < 4.78 is 3.65. The first-order valence-electron chi connectivity index (χ1n) is 7.55. The highest BCUT2D eigenvalue weighted by Crippen LogP contribution is 2.11. The zero-order chi connectivity index (χ0) is 16.2. The van der Waals surface area contributed by atoms with Crippen molar-refractivity contribution in [3.63, 3.8) is 0 Å². The standard InChI is InChI=1S/C19H19N3O/c1-3-16-9-10-19(23)21(12-16)14-18-11-20-22(15(18)2)13-17-7-5-4-6-8-17/h3-12H,1,13-14H2,2H3. The van der Waals surface area contributed by atoms with Crippen LogP contribution in [0.15, 0.2) is 66.2 Å². The quantitative estimate of drug-likeness (QED) is 0.726. The Hall–Kier alpha value is -2.88. The van der Waals surface area contributed by atoms with Gasteiger partial charge in [-0.2, -0.15) is 5.10 Å². The van der Waals surface area contributed by atoms with Crippen LogP contribution in [-0.4, -0.2) is 14.3 Å². The van der Waals surface area contributed by atoms with Crippen LogP contribution in [0.3, 0.4) is 0 Å². The smallest absolute Gasteiger partial charge is 0.250 e. The van der Waals surface area contributed by atoms with E-state index in [0.717, 1.165) is 23.4 Å². The molecule has 0 amide bonds. The predicted molar refractivity (Wildman–Crippen MR) is 92.4 cm³/mol. The first-order chi connectivity index (χ1) is 11.2. The van der Waals surface area contributed by atoms with E-state index in [1.54, 1.807) is 22.8 Å². The third kappa shape index (κ3) is 3.31. The van der Waals surface area contributed by atoms with Crippen molar-refractivity contribution in [2.45, 2.75) is 20.0 Å². The van der Waals surface area contributed by atoms with E-state index >= 15 is 0 Å². The van der Waals surface area contributed by atoms with Crippen molar-refractivity contribution in [2.24, 2.45) is 0 Å². The third-order valence-corrected chi connectivity index (χ3v) is 3.96. The lowest BCUT2D eigenvalue weighted by Gasteiger charge is -2.08. The molecule has 0 aliphatic carbocycles. The number of hydrogen-bond acceptors (Lipinski definition) is 2. The van der Waals surface area contributed by atoms with E-state index < -0.39 is 0 Å². The molecule has 2 heterocycles. The van der Waals surface area contributed by atoms with Gasteiger partial charge in [0.2, 0.25) is 0 Å². The molecule has 3 aromatic rings. The van der Waals surface area contributed by atoms with Crippen LogP contribution < -0.4 is 5.56 Å². The number of hydrogen-bond donors (Lipinski definition) is 0. The van der Waals surface area contributed by atoms with E-state index in [4.69, 9.17) is 0 Å². The first kappa shape index (κ1) is 15.0. The summed E-state index contributed by atoms with van der Waals surface area (Å²) in [7, 11) is 0. The molecule has 4 nitrogen and oxygen atoms in total. The molecule has 0 aliphatic heterocycles. The van der Waals surface area contributed by atoms with Crippen molar-refractivity contribution in [1.82, 2.24) is 14.3 Å². The van der Waals surface area contributed by atoms with E-state index in [1.807, 2.05) is 42.2 Å². The van der Waals surface area contributed by atoms with E-state index in [9.17, 15) is 4.79 Å².